The zero-order valence-electron chi connectivity index (χ0n) is 15.3. The van der Waals surface area contributed by atoms with Gasteiger partial charge in [-0.15, -0.1) is 0 Å². The first-order valence-electron chi connectivity index (χ1n) is 9.05. The van der Waals surface area contributed by atoms with Crippen LogP contribution < -0.4 is 4.72 Å². The molecule has 1 unspecified atom stereocenters. The summed E-state index contributed by atoms with van der Waals surface area (Å²) in [6, 6.07) is 7.29. The Morgan fingerprint density at radius 1 is 1.22 bits per heavy atom. The summed E-state index contributed by atoms with van der Waals surface area (Å²) >= 11 is -1.05. The third-order valence-electron chi connectivity index (χ3n) is 5.15. The van der Waals surface area contributed by atoms with E-state index in [1.54, 1.807) is 6.08 Å². The van der Waals surface area contributed by atoms with Crippen LogP contribution in [-0.4, -0.2) is 31.4 Å². The van der Waals surface area contributed by atoms with Gasteiger partial charge in [0, 0.05) is 13.1 Å². The summed E-state index contributed by atoms with van der Waals surface area (Å²) in [5.41, 5.74) is 1.70. The van der Waals surface area contributed by atoms with Crippen LogP contribution in [0.4, 0.5) is 4.79 Å². The van der Waals surface area contributed by atoms with E-state index < -0.39 is 11.3 Å². The van der Waals surface area contributed by atoms with Gasteiger partial charge in [-0.1, -0.05) is 50.5 Å². The Balaban J connectivity index is 1.67. The molecule has 0 bridgehead atoms. The minimum atomic E-state index is -2.05. The number of carbonyl (C=O) groups is 2. The van der Waals surface area contributed by atoms with Gasteiger partial charge in [0.1, 0.15) is 0 Å². The van der Waals surface area contributed by atoms with Gasteiger partial charge in [0.2, 0.25) is 11.3 Å². The molecule has 1 saturated heterocycles. The Bertz CT molecular complexity index is 770. The van der Waals surface area contributed by atoms with Crippen molar-refractivity contribution in [3.8, 4) is 0 Å². The highest BCUT2D eigenvalue weighted by Gasteiger charge is 2.40. The lowest BCUT2D eigenvalue weighted by atomic mass is 9.75. The number of nitrogens with zero attached hydrogens (tertiary/aromatic N) is 1. The van der Waals surface area contributed by atoms with Crippen molar-refractivity contribution < 1.29 is 18.4 Å². The highest BCUT2D eigenvalue weighted by molar-refractivity contribution is 8.18. The van der Waals surface area contributed by atoms with Crippen molar-refractivity contribution in [1.29, 1.82) is 0 Å². The van der Waals surface area contributed by atoms with Crippen molar-refractivity contribution in [2.24, 2.45) is 5.41 Å². The number of nitrogens with one attached hydrogen (secondary N) is 1. The molecule has 27 heavy (non-hydrogen) atoms. The highest BCUT2D eigenvalue weighted by atomic mass is 32.2. The third-order valence-corrected chi connectivity index (χ3v) is 6.45. The van der Waals surface area contributed by atoms with Crippen LogP contribution in [0.2, 0.25) is 0 Å². The predicted molar refractivity (Wildman–Crippen MR) is 108 cm³/mol. The molecule has 8 heteroatoms. The fourth-order valence-corrected chi connectivity index (χ4v) is 4.74. The van der Waals surface area contributed by atoms with Crippen LogP contribution >= 0.6 is 11.8 Å². The summed E-state index contributed by atoms with van der Waals surface area (Å²) < 4.78 is 21.8. The van der Waals surface area contributed by atoms with Crippen molar-refractivity contribution in [2.45, 2.75) is 45.6 Å². The van der Waals surface area contributed by atoms with E-state index in [9.17, 15) is 13.8 Å². The Labute approximate surface area is 166 Å². The van der Waals surface area contributed by atoms with Gasteiger partial charge in [0.25, 0.3) is 11.1 Å². The van der Waals surface area contributed by atoms with E-state index in [0.717, 1.165) is 48.6 Å². The number of amides is 2. The predicted octanol–water partition coefficient (Wildman–Crippen LogP) is 3.92. The fraction of sp³-hybridized carbons (Fsp3) is 0.474. The smallest absolute Gasteiger partial charge is 0.293 e. The molecular weight excluding hydrogens is 384 g/mol. The number of hydrogen-bond acceptors (Lipinski definition) is 4. The van der Waals surface area contributed by atoms with Gasteiger partial charge in [-0.05, 0) is 47.2 Å². The van der Waals surface area contributed by atoms with Gasteiger partial charge in [-0.3, -0.25) is 19.0 Å². The van der Waals surface area contributed by atoms with Gasteiger partial charge in [0.15, 0.2) is 0 Å². The highest BCUT2D eigenvalue weighted by Crippen LogP contribution is 2.40. The Hall–Kier alpha value is -1.48. The van der Waals surface area contributed by atoms with Crippen LogP contribution in [0.25, 0.3) is 6.08 Å². The number of thioether (sulfide) groups is 1. The van der Waals surface area contributed by atoms with Crippen molar-refractivity contribution in [1.82, 2.24) is 9.62 Å². The fourth-order valence-electron chi connectivity index (χ4n) is 3.61. The molecular formula is C19H24N2O4S2. The van der Waals surface area contributed by atoms with E-state index in [1.807, 2.05) is 24.3 Å². The maximum absolute atomic E-state index is 12.7. The molecule has 1 saturated carbocycles. The van der Waals surface area contributed by atoms with Gasteiger partial charge in [-0.2, -0.15) is 0 Å². The molecule has 1 aromatic carbocycles. The van der Waals surface area contributed by atoms with Crippen LogP contribution in [0.5, 0.6) is 0 Å². The van der Waals surface area contributed by atoms with Gasteiger partial charge >= 0.3 is 0 Å². The second kappa shape index (κ2) is 8.68. The molecule has 2 fully saturated rings. The van der Waals surface area contributed by atoms with Crippen molar-refractivity contribution >= 4 is 40.3 Å². The van der Waals surface area contributed by atoms with E-state index in [1.165, 1.54) is 11.3 Å². The standard InChI is InChI=1S/C19H24N2O4S2/c1-19(9-3-2-4-10-19)13-21-17(22)16(26-18(21)23)11-14-5-7-15(8-6-14)12-20-27(24)25/h5-8,11,20H,2-4,9-10,12-13H2,1H3,(H,24,25). The molecule has 2 N–H and O–H groups in total. The quantitative estimate of drug-likeness (QED) is 0.550. The zero-order valence-corrected chi connectivity index (χ0v) is 16.9. The van der Waals surface area contributed by atoms with E-state index >= 15 is 0 Å². The van der Waals surface area contributed by atoms with Gasteiger partial charge in [0.05, 0.1) is 4.91 Å². The molecule has 1 atom stereocenters. The monoisotopic (exact) mass is 408 g/mol. The largest absolute Gasteiger partial charge is 0.294 e. The van der Waals surface area contributed by atoms with Crippen molar-refractivity contribution in [2.75, 3.05) is 6.54 Å². The Morgan fingerprint density at radius 3 is 2.52 bits per heavy atom. The molecule has 1 aliphatic heterocycles. The average molecular weight is 409 g/mol. The number of benzene rings is 1. The SMILES string of the molecule is CC1(CN2C(=O)SC(=Cc3ccc(CNS(=O)O)cc3)C2=O)CCCCC1. The van der Waals surface area contributed by atoms with E-state index in [4.69, 9.17) is 4.55 Å². The normalized spacial score (nSPS) is 22.4. The number of hydrogen-bond donors (Lipinski definition) is 2. The molecule has 0 radical (unpaired) electrons. The van der Waals surface area contributed by atoms with Gasteiger partial charge in [-0.25, -0.2) is 8.93 Å². The van der Waals surface area contributed by atoms with Crippen LogP contribution in [0, 0.1) is 5.41 Å². The summed E-state index contributed by atoms with van der Waals surface area (Å²) in [5, 5.41) is -0.190. The topological polar surface area (TPSA) is 86.7 Å². The minimum absolute atomic E-state index is 0.0288. The first-order valence-corrected chi connectivity index (χ1v) is 11.0. The van der Waals surface area contributed by atoms with E-state index in [-0.39, 0.29) is 23.1 Å². The van der Waals surface area contributed by atoms with Crippen LogP contribution in [0.15, 0.2) is 29.2 Å². The third kappa shape index (κ3) is 5.28. The maximum Gasteiger partial charge on any atom is 0.293 e. The molecule has 2 amide bonds. The number of imide groups is 1. The Morgan fingerprint density at radius 2 is 1.89 bits per heavy atom. The lowest BCUT2D eigenvalue weighted by Gasteiger charge is -2.35. The molecule has 6 nitrogen and oxygen atoms in total. The minimum Gasteiger partial charge on any atom is -0.294 e. The summed E-state index contributed by atoms with van der Waals surface area (Å²) in [6.45, 7) is 2.95. The molecule has 3 rings (SSSR count). The zero-order chi connectivity index (χ0) is 19.4. The molecule has 146 valence electrons. The molecule has 1 heterocycles. The molecule has 0 aromatic heterocycles. The lowest BCUT2D eigenvalue weighted by Crippen LogP contribution is -2.39. The lowest BCUT2D eigenvalue weighted by molar-refractivity contribution is -0.124. The first-order chi connectivity index (χ1) is 12.9. The van der Waals surface area contributed by atoms with E-state index in [2.05, 4.69) is 11.6 Å². The van der Waals surface area contributed by atoms with E-state index in [0.29, 0.717) is 11.4 Å². The summed E-state index contributed by atoms with van der Waals surface area (Å²) in [4.78, 5) is 26.9. The average Bonchev–Trinajstić information content (AvgIpc) is 2.89. The molecule has 0 spiro atoms. The Kier molecular flexibility index (Phi) is 6.52. The van der Waals surface area contributed by atoms with Crippen LogP contribution in [0.3, 0.4) is 0 Å². The first kappa shape index (κ1) is 20.3. The second-order valence-corrected chi connectivity index (χ2v) is 9.23. The maximum atomic E-state index is 12.7. The summed E-state index contributed by atoms with van der Waals surface area (Å²) in [5.74, 6) is -0.210. The van der Waals surface area contributed by atoms with Crippen molar-refractivity contribution in [3.05, 3.63) is 40.3 Å². The van der Waals surface area contributed by atoms with Crippen molar-refractivity contribution in [3.63, 3.8) is 0 Å². The second-order valence-electron chi connectivity index (χ2n) is 7.45. The molecule has 1 aromatic rings. The number of carbonyl (C=O) groups excluding carboxylic acids is 2. The summed E-state index contributed by atoms with van der Waals surface area (Å²) in [7, 11) is 0. The van der Waals surface area contributed by atoms with Crippen LogP contribution in [0.1, 0.15) is 50.2 Å². The number of rotatable bonds is 6. The summed E-state index contributed by atoms with van der Waals surface area (Å²) in [6.07, 6.45) is 7.40. The molecule has 1 aliphatic carbocycles. The molecule has 2 aliphatic rings. The van der Waals surface area contributed by atoms with Crippen LogP contribution in [-0.2, 0) is 22.6 Å². The van der Waals surface area contributed by atoms with Gasteiger partial charge < -0.3 is 0 Å².